The monoisotopic (exact) mass is 245 g/mol. The highest BCUT2D eigenvalue weighted by Gasteiger charge is 2.40. The molecule has 0 spiro atoms. The van der Waals surface area contributed by atoms with Gasteiger partial charge in [0.15, 0.2) is 0 Å². The number of anilines is 1. The van der Waals surface area contributed by atoms with Crippen molar-refractivity contribution in [2.24, 2.45) is 11.7 Å². The van der Waals surface area contributed by atoms with Crippen LogP contribution in [0.15, 0.2) is 24.3 Å². The van der Waals surface area contributed by atoms with Gasteiger partial charge in [-0.25, -0.2) is 4.79 Å². The normalized spacial score (nSPS) is 25.5. The van der Waals surface area contributed by atoms with Gasteiger partial charge >= 0.3 is 6.03 Å². The van der Waals surface area contributed by atoms with E-state index in [1.54, 1.807) is 0 Å². The zero-order valence-corrected chi connectivity index (χ0v) is 10.4. The number of carbonyl (C=O) groups is 1. The van der Waals surface area contributed by atoms with E-state index in [2.05, 4.69) is 5.32 Å². The molecular formula is C14H19N3O. The van der Waals surface area contributed by atoms with Crippen molar-refractivity contribution in [2.75, 3.05) is 11.9 Å². The number of nitrogens with zero attached hydrogens (tertiary/aromatic N) is 1. The molecule has 2 aliphatic rings. The van der Waals surface area contributed by atoms with Crippen LogP contribution in [0.4, 0.5) is 10.5 Å². The Labute approximate surface area is 107 Å². The maximum atomic E-state index is 12.2. The molecule has 2 bridgehead atoms. The summed E-state index contributed by atoms with van der Waals surface area (Å²) in [6.07, 6.45) is 3.65. The number of likely N-dealkylation sites (tertiary alicyclic amines) is 1. The van der Waals surface area contributed by atoms with Crippen molar-refractivity contribution in [1.82, 2.24) is 4.90 Å². The van der Waals surface area contributed by atoms with Gasteiger partial charge < -0.3 is 16.0 Å². The van der Waals surface area contributed by atoms with Crippen molar-refractivity contribution >= 4 is 11.7 Å². The van der Waals surface area contributed by atoms with Crippen LogP contribution in [0.1, 0.15) is 24.8 Å². The third-order valence-corrected chi connectivity index (χ3v) is 4.08. The topological polar surface area (TPSA) is 58.4 Å². The van der Waals surface area contributed by atoms with Gasteiger partial charge in [-0.3, -0.25) is 0 Å². The molecule has 2 amide bonds. The van der Waals surface area contributed by atoms with Gasteiger partial charge in [0.25, 0.3) is 0 Å². The van der Waals surface area contributed by atoms with Crippen LogP contribution in [-0.2, 0) is 6.54 Å². The van der Waals surface area contributed by atoms with Crippen LogP contribution in [0, 0.1) is 5.92 Å². The summed E-state index contributed by atoms with van der Waals surface area (Å²) in [6.45, 7) is 1.42. The first-order valence-corrected chi connectivity index (χ1v) is 6.63. The van der Waals surface area contributed by atoms with Gasteiger partial charge in [0.05, 0.1) is 0 Å². The van der Waals surface area contributed by atoms with E-state index >= 15 is 0 Å². The van der Waals surface area contributed by atoms with E-state index in [0.29, 0.717) is 12.6 Å². The summed E-state index contributed by atoms with van der Waals surface area (Å²) < 4.78 is 0. The average Bonchev–Trinajstić information content (AvgIpc) is 3.01. The fourth-order valence-corrected chi connectivity index (χ4v) is 3.14. The van der Waals surface area contributed by atoms with Crippen LogP contribution in [0.25, 0.3) is 0 Å². The smallest absolute Gasteiger partial charge is 0.322 e. The number of urea groups is 1. The summed E-state index contributed by atoms with van der Waals surface area (Å²) in [4.78, 5) is 14.2. The van der Waals surface area contributed by atoms with Crippen LogP contribution in [0.3, 0.4) is 0 Å². The lowest BCUT2D eigenvalue weighted by Crippen LogP contribution is -2.40. The Kier molecular flexibility index (Phi) is 2.96. The predicted molar refractivity (Wildman–Crippen MR) is 71.2 cm³/mol. The van der Waals surface area contributed by atoms with E-state index in [1.165, 1.54) is 19.3 Å². The fourth-order valence-electron chi connectivity index (χ4n) is 3.14. The molecule has 1 saturated heterocycles. The van der Waals surface area contributed by atoms with Crippen LogP contribution in [0.5, 0.6) is 0 Å². The number of nitrogens with one attached hydrogen (secondary N) is 1. The summed E-state index contributed by atoms with van der Waals surface area (Å²) in [5.41, 5.74) is 7.47. The number of piperidine rings is 1. The molecule has 1 saturated carbocycles. The minimum Gasteiger partial charge on any atom is -0.326 e. The van der Waals surface area contributed by atoms with Crippen molar-refractivity contribution in [3.05, 3.63) is 29.8 Å². The average molecular weight is 245 g/mol. The van der Waals surface area contributed by atoms with Gasteiger partial charge in [-0.05, 0) is 42.9 Å². The van der Waals surface area contributed by atoms with Crippen LogP contribution in [0.2, 0.25) is 0 Å². The molecule has 18 heavy (non-hydrogen) atoms. The summed E-state index contributed by atoms with van der Waals surface area (Å²) >= 11 is 0. The zero-order chi connectivity index (χ0) is 12.5. The highest BCUT2D eigenvalue weighted by atomic mass is 16.2. The zero-order valence-electron chi connectivity index (χ0n) is 10.4. The molecule has 1 aliphatic carbocycles. The van der Waals surface area contributed by atoms with Gasteiger partial charge in [0.1, 0.15) is 0 Å². The lowest BCUT2D eigenvalue weighted by molar-refractivity contribution is 0.194. The number of benzene rings is 1. The molecular weight excluding hydrogens is 226 g/mol. The van der Waals surface area contributed by atoms with Crippen molar-refractivity contribution in [3.63, 3.8) is 0 Å². The predicted octanol–water partition coefficient (Wildman–Crippen LogP) is 2.16. The van der Waals surface area contributed by atoms with Crippen molar-refractivity contribution < 1.29 is 4.79 Å². The molecule has 3 rings (SSSR count). The summed E-state index contributed by atoms with van der Waals surface area (Å²) in [5.74, 6) is 0.733. The standard InChI is InChI=1S/C14H19N3O/c15-8-10-2-1-3-12(6-10)16-14(18)17-9-11-4-5-13(17)7-11/h1-3,6,11,13H,4-5,7-9,15H2,(H,16,18). The third kappa shape index (κ3) is 2.08. The van der Waals surface area contributed by atoms with Gasteiger partial charge in [-0.15, -0.1) is 0 Å². The van der Waals surface area contributed by atoms with Gasteiger partial charge in [0, 0.05) is 24.8 Å². The van der Waals surface area contributed by atoms with Crippen LogP contribution in [-0.4, -0.2) is 23.5 Å². The molecule has 2 fully saturated rings. The molecule has 2 atom stereocenters. The second-order valence-electron chi connectivity index (χ2n) is 5.32. The molecule has 0 radical (unpaired) electrons. The minimum atomic E-state index is 0.0383. The van der Waals surface area contributed by atoms with Crippen molar-refractivity contribution in [3.8, 4) is 0 Å². The molecule has 1 heterocycles. The number of carbonyl (C=O) groups excluding carboxylic acids is 1. The molecule has 1 aliphatic heterocycles. The largest absolute Gasteiger partial charge is 0.326 e. The molecule has 3 N–H and O–H groups in total. The molecule has 1 aromatic rings. The fraction of sp³-hybridized carbons (Fsp3) is 0.500. The van der Waals surface area contributed by atoms with E-state index in [1.807, 2.05) is 29.2 Å². The van der Waals surface area contributed by atoms with Crippen molar-refractivity contribution in [1.29, 1.82) is 0 Å². The van der Waals surface area contributed by atoms with Crippen molar-refractivity contribution in [2.45, 2.75) is 31.8 Å². The summed E-state index contributed by atoms with van der Waals surface area (Å²) in [7, 11) is 0. The molecule has 0 aromatic heterocycles. The van der Waals surface area contributed by atoms with E-state index in [9.17, 15) is 4.79 Å². The quantitative estimate of drug-likeness (QED) is 0.839. The molecule has 4 nitrogen and oxygen atoms in total. The Morgan fingerprint density at radius 2 is 2.33 bits per heavy atom. The Hall–Kier alpha value is -1.55. The van der Waals surface area contributed by atoms with E-state index in [4.69, 9.17) is 5.73 Å². The van der Waals surface area contributed by atoms with Gasteiger partial charge in [0.2, 0.25) is 0 Å². The molecule has 96 valence electrons. The second-order valence-corrected chi connectivity index (χ2v) is 5.32. The van der Waals surface area contributed by atoms with Crippen LogP contribution < -0.4 is 11.1 Å². The molecule has 1 aromatic carbocycles. The summed E-state index contributed by atoms with van der Waals surface area (Å²) in [6, 6.07) is 8.24. The van der Waals surface area contributed by atoms with E-state index in [0.717, 1.165) is 23.7 Å². The SMILES string of the molecule is NCc1cccc(NC(=O)N2CC3CCC2C3)c1. The Morgan fingerprint density at radius 1 is 1.44 bits per heavy atom. The first-order chi connectivity index (χ1) is 8.76. The lowest BCUT2D eigenvalue weighted by Gasteiger charge is -2.27. The Bertz CT molecular complexity index is 460. The number of nitrogens with two attached hydrogens (primary N) is 1. The Morgan fingerprint density at radius 3 is 3.00 bits per heavy atom. The molecule has 2 unspecified atom stereocenters. The third-order valence-electron chi connectivity index (χ3n) is 4.08. The first-order valence-electron chi connectivity index (χ1n) is 6.63. The highest BCUT2D eigenvalue weighted by molar-refractivity contribution is 5.89. The minimum absolute atomic E-state index is 0.0383. The lowest BCUT2D eigenvalue weighted by atomic mass is 10.1. The number of rotatable bonds is 2. The highest BCUT2D eigenvalue weighted by Crippen LogP contribution is 2.37. The number of hydrogen-bond acceptors (Lipinski definition) is 2. The number of fused-ring (bicyclic) bond motifs is 2. The Balaban J connectivity index is 1.67. The van der Waals surface area contributed by atoms with Gasteiger partial charge in [-0.2, -0.15) is 0 Å². The second kappa shape index (κ2) is 4.61. The number of amides is 2. The van der Waals surface area contributed by atoms with E-state index < -0.39 is 0 Å². The number of hydrogen-bond donors (Lipinski definition) is 2. The maximum absolute atomic E-state index is 12.2. The maximum Gasteiger partial charge on any atom is 0.322 e. The van der Waals surface area contributed by atoms with Crippen LogP contribution >= 0.6 is 0 Å². The molecule has 4 heteroatoms. The first kappa shape index (κ1) is 11.5. The van der Waals surface area contributed by atoms with Gasteiger partial charge in [-0.1, -0.05) is 12.1 Å². The summed E-state index contributed by atoms with van der Waals surface area (Å²) in [5, 5.41) is 2.97. The van der Waals surface area contributed by atoms with E-state index in [-0.39, 0.29) is 6.03 Å².